The molecule has 1 amide bonds. The van der Waals surface area contributed by atoms with Crippen molar-refractivity contribution < 1.29 is 18.8 Å². The molecule has 0 fully saturated rings. The first-order valence-electron chi connectivity index (χ1n) is 6.17. The number of nitrogens with zero attached hydrogens (tertiary/aromatic N) is 1. The van der Waals surface area contributed by atoms with Crippen molar-refractivity contribution in [3.63, 3.8) is 0 Å². The van der Waals surface area contributed by atoms with Crippen LogP contribution in [0, 0.1) is 6.92 Å². The molecule has 0 radical (unpaired) electrons. The summed E-state index contributed by atoms with van der Waals surface area (Å²) >= 11 is 3.42. The highest BCUT2D eigenvalue weighted by Gasteiger charge is 2.13. The Kier molecular flexibility index (Phi) is 4.85. The second kappa shape index (κ2) is 6.62. The van der Waals surface area contributed by atoms with Crippen LogP contribution in [0.5, 0.6) is 11.5 Å². The zero-order valence-corrected chi connectivity index (χ0v) is 13.5. The van der Waals surface area contributed by atoms with E-state index in [1.807, 2.05) is 0 Å². The first-order valence-corrected chi connectivity index (χ1v) is 6.96. The van der Waals surface area contributed by atoms with Gasteiger partial charge in [-0.15, -0.1) is 0 Å². The Hall–Kier alpha value is -2.02. The summed E-state index contributed by atoms with van der Waals surface area (Å²) in [6.45, 7) is 1.76. The first-order chi connectivity index (χ1) is 10.0. The topological polar surface area (TPSA) is 73.6 Å². The van der Waals surface area contributed by atoms with Gasteiger partial charge in [-0.2, -0.15) is 0 Å². The van der Waals surface area contributed by atoms with Gasteiger partial charge in [0, 0.05) is 10.5 Å². The van der Waals surface area contributed by atoms with Crippen molar-refractivity contribution >= 4 is 27.7 Å². The van der Waals surface area contributed by atoms with E-state index < -0.39 is 0 Å². The number of hydrogen-bond donors (Lipinski definition) is 1. The van der Waals surface area contributed by atoms with Crippen LogP contribution in [0.4, 0.5) is 5.82 Å². The highest BCUT2D eigenvalue weighted by atomic mass is 79.9. The summed E-state index contributed by atoms with van der Waals surface area (Å²) in [5.74, 6) is 2.00. The normalized spacial score (nSPS) is 10.3. The van der Waals surface area contributed by atoms with E-state index in [4.69, 9.17) is 14.0 Å². The van der Waals surface area contributed by atoms with Crippen molar-refractivity contribution in [2.45, 2.75) is 13.3 Å². The zero-order valence-electron chi connectivity index (χ0n) is 11.9. The third kappa shape index (κ3) is 3.75. The standard InChI is InChI=1S/C14H15BrN2O4/c1-8-4-13(17-21-8)16-14(18)6-9-5-11(19-2)12(20-3)7-10(9)15/h4-5,7H,6H2,1-3H3,(H,16,17,18). The molecule has 0 aliphatic carbocycles. The summed E-state index contributed by atoms with van der Waals surface area (Å²) in [6, 6.07) is 5.18. The van der Waals surface area contributed by atoms with E-state index >= 15 is 0 Å². The minimum absolute atomic E-state index is 0.173. The smallest absolute Gasteiger partial charge is 0.230 e. The molecule has 0 saturated heterocycles. The lowest BCUT2D eigenvalue weighted by Crippen LogP contribution is -2.15. The van der Waals surface area contributed by atoms with Crippen LogP contribution in [0.2, 0.25) is 0 Å². The van der Waals surface area contributed by atoms with Crippen LogP contribution in [-0.2, 0) is 11.2 Å². The predicted molar refractivity (Wildman–Crippen MR) is 80.8 cm³/mol. The third-order valence-electron chi connectivity index (χ3n) is 2.80. The lowest BCUT2D eigenvalue weighted by Gasteiger charge is -2.11. The molecule has 1 heterocycles. The molecule has 0 aliphatic rings. The van der Waals surface area contributed by atoms with Gasteiger partial charge in [-0.25, -0.2) is 0 Å². The molecule has 6 nitrogen and oxygen atoms in total. The molecule has 0 saturated carbocycles. The Morgan fingerprint density at radius 3 is 2.52 bits per heavy atom. The number of carbonyl (C=O) groups is 1. The summed E-state index contributed by atoms with van der Waals surface area (Å²) in [5.41, 5.74) is 0.783. The maximum Gasteiger partial charge on any atom is 0.230 e. The SMILES string of the molecule is COc1cc(Br)c(CC(=O)Nc2cc(C)on2)cc1OC. The summed E-state index contributed by atoms with van der Waals surface area (Å²) in [5, 5.41) is 6.39. The molecular weight excluding hydrogens is 340 g/mol. The Bertz CT molecular complexity index is 654. The number of methoxy groups -OCH3 is 2. The van der Waals surface area contributed by atoms with Gasteiger partial charge in [0.1, 0.15) is 5.76 Å². The minimum Gasteiger partial charge on any atom is -0.493 e. The van der Waals surface area contributed by atoms with E-state index in [1.54, 1.807) is 39.3 Å². The van der Waals surface area contributed by atoms with E-state index in [2.05, 4.69) is 26.4 Å². The summed E-state index contributed by atoms with van der Waals surface area (Å²) in [7, 11) is 3.11. The Labute approximate surface area is 130 Å². The second-order valence-electron chi connectivity index (χ2n) is 4.35. The van der Waals surface area contributed by atoms with Crippen molar-refractivity contribution in [2.75, 3.05) is 19.5 Å². The van der Waals surface area contributed by atoms with E-state index in [-0.39, 0.29) is 12.3 Å². The number of amides is 1. The Balaban J connectivity index is 2.13. The number of nitrogens with one attached hydrogen (secondary N) is 1. The largest absolute Gasteiger partial charge is 0.493 e. The van der Waals surface area contributed by atoms with Crippen molar-refractivity contribution in [1.29, 1.82) is 0 Å². The number of aromatic nitrogens is 1. The molecule has 2 rings (SSSR count). The van der Waals surface area contributed by atoms with Crippen LogP contribution in [-0.4, -0.2) is 25.3 Å². The van der Waals surface area contributed by atoms with Crippen LogP contribution < -0.4 is 14.8 Å². The molecule has 2 aromatic rings. The number of benzene rings is 1. The fraction of sp³-hybridized carbons (Fsp3) is 0.286. The average Bonchev–Trinajstić information content (AvgIpc) is 2.85. The number of carbonyl (C=O) groups excluding carboxylic acids is 1. The van der Waals surface area contributed by atoms with E-state index in [0.29, 0.717) is 23.1 Å². The lowest BCUT2D eigenvalue weighted by molar-refractivity contribution is -0.115. The minimum atomic E-state index is -0.198. The van der Waals surface area contributed by atoms with Gasteiger partial charge >= 0.3 is 0 Å². The molecule has 21 heavy (non-hydrogen) atoms. The summed E-state index contributed by atoms with van der Waals surface area (Å²) in [6.07, 6.45) is 0.173. The van der Waals surface area contributed by atoms with Gasteiger partial charge in [0.25, 0.3) is 0 Å². The van der Waals surface area contributed by atoms with Crippen molar-refractivity contribution in [2.24, 2.45) is 0 Å². The molecule has 0 spiro atoms. The molecule has 7 heteroatoms. The molecular formula is C14H15BrN2O4. The van der Waals surface area contributed by atoms with Crippen LogP contribution in [0.25, 0.3) is 0 Å². The molecule has 0 aliphatic heterocycles. The molecule has 0 atom stereocenters. The van der Waals surface area contributed by atoms with Crippen molar-refractivity contribution in [3.05, 3.63) is 34.0 Å². The average molecular weight is 355 g/mol. The fourth-order valence-corrected chi connectivity index (χ4v) is 2.28. The maximum atomic E-state index is 12.0. The van der Waals surface area contributed by atoms with Gasteiger partial charge in [-0.3, -0.25) is 4.79 Å². The van der Waals surface area contributed by atoms with E-state index in [1.165, 1.54) is 0 Å². The quantitative estimate of drug-likeness (QED) is 0.893. The number of anilines is 1. The van der Waals surface area contributed by atoms with Crippen LogP contribution in [0.1, 0.15) is 11.3 Å². The fourth-order valence-electron chi connectivity index (χ4n) is 1.82. The Morgan fingerprint density at radius 1 is 1.29 bits per heavy atom. The maximum absolute atomic E-state index is 12.0. The Morgan fingerprint density at radius 2 is 1.95 bits per heavy atom. The number of ether oxygens (including phenoxy) is 2. The molecule has 112 valence electrons. The van der Waals surface area contributed by atoms with Gasteiger partial charge in [0.2, 0.25) is 5.91 Å². The predicted octanol–water partition coefficient (Wildman–Crippen LogP) is 2.94. The van der Waals surface area contributed by atoms with Gasteiger partial charge in [-0.05, 0) is 24.6 Å². The monoisotopic (exact) mass is 354 g/mol. The van der Waals surface area contributed by atoms with Gasteiger partial charge in [-0.1, -0.05) is 21.1 Å². The van der Waals surface area contributed by atoms with Crippen molar-refractivity contribution in [3.8, 4) is 11.5 Å². The van der Waals surface area contributed by atoms with E-state index in [9.17, 15) is 4.79 Å². The molecule has 1 aromatic carbocycles. The number of halogens is 1. The molecule has 1 aromatic heterocycles. The van der Waals surface area contributed by atoms with Gasteiger partial charge in [0.15, 0.2) is 17.3 Å². The summed E-state index contributed by atoms with van der Waals surface area (Å²) in [4.78, 5) is 12.0. The molecule has 1 N–H and O–H groups in total. The van der Waals surface area contributed by atoms with Crippen LogP contribution >= 0.6 is 15.9 Å². The second-order valence-corrected chi connectivity index (χ2v) is 5.20. The molecule has 0 unspecified atom stereocenters. The lowest BCUT2D eigenvalue weighted by atomic mass is 10.1. The first kappa shape index (κ1) is 15.4. The van der Waals surface area contributed by atoms with Gasteiger partial charge < -0.3 is 19.3 Å². The highest BCUT2D eigenvalue weighted by molar-refractivity contribution is 9.10. The molecule has 0 bridgehead atoms. The highest BCUT2D eigenvalue weighted by Crippen LogP contribution is 2.33. The zero-order chi connectivity index (χ0) is 15.4. The van der Waals surface area contributed by atoms with Crippen LogP contribution in [0.15, 0.2) is 27.2 Å². The van der Waals surface area contributed by atoms with Gasteiger partial charge in [0.05, 0.1) is 20.6 Å². The number of rotatable bonds is 5. The third-order valence-corrected chi connectivity index (χ3v) is 3.54. The van der Waals surface area contributed by atoms with E-state index in [0.717, 1.165) is 10.0 Å². The summed E-state index contributed by atoms with van der Waals surface area (Å²) < 4.78 is 16.1. The number of hydrogen-bond acceptors (Lipinski definition) is 5. The van der Waals surface area contributed by atoms with Crippen LogP contribution in [0.3, 0.4) is 0 Å². The van der Waals surface area contributed by atoms with Crippen molar-refractivity contribution in [1.82, 2.24) is 5.16 Å². The number of aryl methyl sites for hydroxylation is 1.